The van der Waals surface area contributed by atoms with E-state index in [9.17, 15) is 49.1 Å². The molecule has 0 spiro atoms. The lowest BCUT2D eigenvalue weighted by Crippen LogP contribution is -2.44. The lowest BCUT2D eigenvalue weighted by Gasteiger charge is -2.28. The molecule has 0 aliphatic carbocycles. The van der Waals surface area contributed by atoms with Crippen LogP contribution in [0.4, 0.5) is 39.5 Å². The van der Waals surface area contributed by atoms with Crippen LogP contribution in [0.3, 0.4) is 0 Å². The molecule has 202 valence electrons. The summed E-state index contributed by atoms with van der Waals surface area (Å²) in [6.07, 6.45) is -15.8. The number of amides is 2. The van der Waals surface area contributed by atoms with E-state index < -0.39 is 66.8 Å². The van der Waals surface area contributed by atoms with E-state index in [0.29, 0.717) is 4.68 Å². The predicted octanol–water partition coefficient (Wildman–Crippen LogP) is 3.43. The third kappa shape index (κ3) is 6.14. The Kier molecular flexibility index (Phi) is 7.20. The van der Waals surface area contributed by atoms with Crippen molar-refractivity contribution in [1.29, 1.82) is 0 Å². The predicted molar refractivity (Wildman–Crippen MR) is 106 cm³/mol. The average molecular weight is 545 g/mol. The van der Waals surface area contributed by atoms with Gasteiger partial charge in [-0.3, -0.25) is 14.3 Å². The molecule has 3 rings (SSSR count). The second kappa shape index (κ2) is 9.59. The fourth-order valence-corrected chi connectivity index (χ4v) is 3.34. The van der Waals surface area contributed by atoms with Gasteiger partial charge in [0.15, 0.2) is 5.69 Å². The van der Waals surface area contributed by atoms with Gasteiger partial charge in [-0.15, -0.1) is 0 Å². The van der Waals surface area contributed by atoms with Crippen LogP contribution in [0, 0.1) is 0 Å². The minimum atomic E-state index is -5.19. The first-order chi connectivity index (χ1) is 16.9. The van der Waals surface area contributed by atoms with Crippen LogP contribution in [0.2, 0.25) is 0 Å². The van der Waals surface area contributed by atoms with Gasteiger partial charge in [-0.25, -0.2) is 0 Å². The van der Waals surface area contributed by atoms with E-state index in [4.69, 9.17) is 0 Å². The molecule has 1 aromatic carbocycles. The van der Waals surface area contributed by atoms with Crippen LogP contribution in [-0.4, -0.2) is 52.7 Å². The summed E-state index contributed by atoms with van der Waals surface area (Å²) in [6, 6.07) is 4.86. The minimum Gasteiger partial charge on any atom is -0.372 e. The summed E-state index contributed by atoms with van der Waals surface area (Å²) in [5, 5.41) is 10.1. The van der Waals surface area contributed by atoms with Crippen molar-refractivity contribution >= 4 is 17.5 Å². The number of carbonyl (C=O) groups is 2. The molecule has 8 nitrogen and oxygen atoms in total. The molecule has 2 aromatic rings. The lowest BCUT2D eigenvalue weighted by molar-refractivity contribution is -0.278. The van der Waals surface area contributed by atoms with E-state index >= 15 is 0 Å². The lowest BCUT2D eigenvalue weighted by atomic mass is 9.89. The number of aromatic nitrogens is 2. The molecule has 1 aliphatic rings. The topological polar surface area (TPSA) is 97.6 Å². The number of rotatable bonds is 6. The fraction of sp³-hybridized carbons (Fsp3) is 0.400. The summed E-state index contributed by atoms with van der Waals surface area (Å²) < 4.78 is 118. The number of benzene rings is 1. The molecule has 1 atom stereocenters. The summed E-state index contributed by atoms with van der Waals surface area (Å²) >= 11 is 0. The molecule has 0 saturated carbocycles. The molecule has 2 amide bonds. The molecule has 1 unspecified atom stereocenters. The van der Waals surface area contributed by atoms with Gasteiger partial charge in [0.25, 0.3) is 11.5 Å². The highest BCUT2D eigenvalue weighted by atomic mass is 19.4. The zero-order chi connectivity index (χ0) is 27.8. The van der Waals surface area contributed by atoms with Crippen molar-refractivity contribution in [3.63, 3.8) is 0 Å². The number of aryl methyl sites for hydroxylation is 1. The number of oxime groups is 1. The van der Waals surface area contributed by atoms with Gasteiger partial charge in [0.05, 0.1) is 24.4 Å². The Morgan fingerprint density at radius 1 is 1.03 bits per heavy atom. The third-order valence-electron chi connectivity index (χ3n) is 5.15. The van der Waals surface area contributed by atoms with Gasteiger partial charge in [0, 0.05) is 12.6 Å². The SMILES string of the molecule is Cn1nc(C(F)(F)F)cc1C1(C(F)(F)F)CC(c2ccc(C(=O)NCC(=O)NCC(F)(F)F)cc2)=NO1. The molecule has 0 saturated heterocycles. The molecule has 0 bridgehead atoms. The van der Waals surface area contributed by atoms with Gasteiger partial charge in [0.1, 0.15) is 6.54 Å². The first-order valence-corrected chi connectivity index (χ1v) is 10.1. The molecular weight excluding hydrogens is 529 g/mol. The van der Waals surface area contributed by atoms with Gasteiger partial charge in [-0.05, 0) is 23.8 Å². The largest absolute Gasteiger partial charge is 0.437 e. The van der Waals surface area contributed by atoms with Gasteiger partial charge >= 0.3 is 18.5 Å². The zero-order valence-electron chi connectivity index (χ0n) is 18.5. The molecule has 2 heterocycles. The van der Waals surface area contributed by atoms with Crippen LogP contribution in [-0.2, 0) is 28.5 Å². The highest BCUT2D eigenvalue weighted by Crippen LogP contribution is 2.49. The number of nitrogens with one attached hydrogen (secondary N) is 2. The Hall–Kier alpha value is -3.79. The highest BCUT2D eigenvalue weighted by molar-refractivity contribution is 6.03. The van der Waals surface area contributed by atoms with Gasteiger partial charge < -0.3 is 15.5 Å². The Labute approximate surface area is 201 Å². The Morgan fingerprint density at radius 3 is 2.16 bits per heavy atom. The molecule has 1 aliphatic heterocycles. The van der Waals surface area contributed by atoms with Gasteiger partial charge in [-0.2, -0.15) is 44.6 Å². The van der Waals surface area contributed by atoms with E-state index in [2.05, 4.69) is 20.4 Å². The molecule has 17 heteroatoms. The Balaban J connectivity index is 1.73. The number of carbonyl (C=O) groups excluding carboxylic acids is 2. The first-order valence-electron chi connectivity index (χ1n) is 10.1. The number of hydrogen-bond acceptors (Lipinski definition) is 5. The molecule has 1 aromatic heterocycles. The van der Waals surface area contributed by atoms with E-state index in [1.54, 1.807) is 5.32 Å². The summed E-state index contributed by atoms with van der Waals surface area (Å²) in [7, 11) is 0.899. The van der Waals surface area contributed by atoms with Gasteiger partial charge in [-0.1, -0.05) is 17.3 Å². The number of halogens is 9. The van der Waals surface area contributed by atoms with Crippen molar-refractivity contribution in [2.75, 3.05) is 13.1 Å². The normalized spacial score (nSPS) is 18.3. The maximum Gasteiger partial charge on any atom is 0.437 e. The van der Waals surface area contributed by atoms with Crippen LogP contribution in [0.15, 0.2) is 35.5 Å². The van der Waals surface area contributed by atoms with Crippen molar-refractivity contribution in [2.24, 2.45) is 12.2 Å². The summed E-state index contributed by atoms with van der Waals surface area (Å²) in [5.41, 5.74) is -6.06. The van der Waals surface area contributed by atoms with E-state index in [-0.39, 0.29) is 22.9 Å². The maximum atomic E-state index is 14.0. The standard InChI is InChI=1S/C20H16F9N5O3/c1-34-14(6-13(32-34)19(24,25)26)17(20(27,28)29)7-12(33-37-17)10-2-4-11(5-3-10)16(36)30-8-15(35)31-9-18(21,22)23/h2-6H,7-9H2,1H3,(H,30,36)(H,31,35). The minimum absolute atomic E-state index is 0.0452. The third-order valence-corrected chi connectivity index (χ3v) is 5.15. The zero-order valence-corrected chi connectivity index (χ0v) is 18.5. The number of nitrogens with zero attached hydrogens (tertiary/aromatic N) is 3. The monoisotopic (exact) mass is 545 g/mol. The highest BCUT2D eigenvalue weighted by Gasteiger charge is 2.64. The van der Waals surface area contributed by atoms with Crippen LogP contribution >= 0.6 is 0 Å². The van der Waals surface area contributed by atoms with Gasteiger partial charge in [0.2, 0.25) is 5.91 Å². The van der Waals surface area contributed by atoms with Crippen LogP contribution in [0.5, 0.6) is 0 Å². The summed E-state index contributed by atoms with van der Waals surface area (Å²) in [4.78, 5) is 28.2. The maximum absolute atomic E-state index is 14.0. The summed E-state index contributed by atoms with van der Waals surface area (Å²) in [6.45, 7) is -2.35. The smallest absolute Gasteiger partial charge is 0.372 e. The second-order valence-corrected chi connectivity index (χ2v) is 7.82. The Bertz CT molecular complexity index is 1200. The molecule has 0 radical (unpaired) electrons. The quantitative estimate of drug-likeness (QED) is 0.544. The van der Waals surface area contributed by atoms with E-state index in [1.165, 1.54) is 12.1 Å². The Morgan fingerprint density at radius 2 is 1.65 bits per heavy atom. The van der Waals surface area contributed by atoms with Crippen molar-refractivity contribution in [3.05, 3.63) is 52.8 Å². The molecule has 0 fully saturated rings. The van der Waals surface area contributed by atoms with Crippen molar-refractivity contribution in [3.8, 4) is 0 Å². The number of hydrogen-bond donors (Lipinski definition) is 2. The molecular formula is C20H16F9N5O3. The van der Waals surface area contributed by atoms with E-state index in [1.807, 2.05) is 0 Å². The average Bonchev–Trinajstić information content (AvgIpc) is 3.40. The first kappa shape index (κ1) is 27.8. The van der Waals surface area contributed by atoms with Crippen molar-refractivity contribution in [1.82, 2.24) is 20.4 Å². The van der Waals surface area contributed by atoms with Crippen LogP contribution in [0.1, 0.15) is 33.7 Å². The number of alkyl halides is 9. The van der Waals surface area contributed by atoms with Crippen molar-refractivity contribution in [2.45, 2.75) is 30.6 Å². The molecule has 37 heavy (non-hydrogen) atoms. The van der Waals surface area contributed by atoms with Crippen LogP contribution < -0.4 is 10.6 Å². The van der Waals surface area contributed by atoms with Crippen molar-refractivity contribution < 1.29 is 53.9 Å². The van der Waals surface area contributed by atoms with E-state index in [0.717, 1.165) is 19.2 Å². The fourth-order valence-electron chi connectivity index (χ4n) is 3.34. The molecule has 2 N–H and O–H groups in total. The summed E-state index contributed by atoms with van der Waals surface area (Å²) in [5.74, 6) is -1.97. The second-order valence-electron chi connectivity index (χ2n) is 7.82. The van der Waals surface area contributed by atoms with Crippen LogP contribution in [0.25, 0.3) is 0 Å².